The van der Waals surface area contributed by atoms with Crippen LogP contribution in [-0.2, 0) is 10.9 Å². The molecule has 1 unspecified atom stereocenters. The second kappa shape index (κ2) is 8.66. The molecule has 2 aromatic rings. The zero-order valence-electron chi connectivity index (χ0n) is 15.3. The lowest BCUT2D eigenvalue weighted by Crippen LogP contribution is -2.31. The van der Waals surface area contributed by atoms with Crippen LogP contribution in [0.5, 0.6) is 5.75 Å². The van der Waals surface area contributed by atoms with Crippen LogP contribution in [-0.4, -0.2) is 43.3 Å². The Kier molecular flexibility index (Phi) is 6.23. The number of nitrogens with two attached hydrogens (primary N) is 1. The quantitative estimate of drug-likeness (QED) is 0.697. The smallest absolute Gasteiger partial charge is 0.431 e. The van der Waals surface area contributed by atoms with Crippen LogP contribution in [0.25, 0.3) is 11.1 Å². The maximum atomic E-state index is 13.4. The van der Waals surface area contributed by atoms with E-state index in [0.717, 1.165) is 19.0 Å². The fourth-order valence-corrected chi connectivity index (χ4v) is 2.96. The van der Waals surface area contributed by atoms with E-state index in [2.05, 4.69) is 5.32 Å². The van der Waals surface area contributed by atoms with E-state index in [0.29, 0.717) is 25.5 Å². The zero-order chi connectivity index (χ0) is 21.0. The average Bonchev–Trinajstić information content (AvgIpc) is 2.94. The molecule has 1 fully saturated rings. The molecule has 1 aliphatic heterocycles. The highest BCUT2D eigenvalue weighted by Crippen LogP contribution is 2.35. The largest absolute Gasteiger partial charge is 0.491 e. The minimum absolute atomic E-state index is 0.119. The number of hydrogen-bond donors (Lipinski definition) is 3. The summed E-state index contributed by atoms with van der Waals surface area (Å²) in [4.78, 5) is 24.8. The molecule has 10 heteroatoms. The van der Waals surface area contributed by atoms with Gasteiger partial charge in [-0.2, -0.15) is 13.2 Å². The lowest BCUT2D eigenvalue weighted by Gasteiger charge is -2.17. The summed E-state index contributed by atoms with van der Waals surface area (Å²) in [6.07, 6.45) is -4.02. The number of carbonyl (C=O) groups is 1. The van der Waals surface area contributed by atoms with Gasteiger partial charge in [-0.05, 0) is 36.7 Å². The second-order valence-corrected chi connectivity index (χ2v) is 6.55. The molecule has 29 heavy (non-hydrogen) atoms. The number of ether oxygens (including phenoxy) is 2. The van der Waals surface area contributed by atoms with E-state index < -0.39 is 28.9 Å². The Morgan fingerprint density at radius 1 is 1.28 bits per heavy atom. The van der Waals surface area contributed by atoms with Crippen molar-refractivity contribution in [2.75, 3.05) is 26.3 Å². The molecular formula is C19H20F3N3O4. The molecular weight excluding hydrogens is 391 g/mol. The van der Waals surface area contributed by atoms with Crippen LogP contribution in [0, 0.1) is 0 Å². The molecule has 4 N–H and O–H groups in total. The standard InChI is InChI=1S/C19H20F3N3O4/c20-19(21,22)16-14(8-15(17(23)26)18(27)25-16)11-2-4-12(5-3-11)29-10-13-9-24-6-1-7-28-13/h2-5,8,13,24H,1,6-7,9-10H2,(H2,23,26)(H,25,27). The first-order valence-electron chi connectivity index (χ1n) is 8.95. The SMILES string of the molecule is NC(=O)c1cc(-c2ccc(OCC3CNCCCO3)cc2)c(C(F)(F)F)[nH]c1=O. The Morgan fingerprint density at radius 3 is 2.66 bits per heavy atom. The molecule has 7 nitrogen and oxygen atoms in total. The highest BCUT2D eigenvalue weighted by atomic mass is 19.4. The fraction of sp³-hybridized carbons (Fsp3) is 0.368. The van der Waals surface area contributed by atoms with Crippen molar-refractivity contribution in [2.45, 2.75) is 18.7 Å². The first-order valence-corrected chi connectivity index (χ1v) is 8.95. The Labute approximate surface area is 164 Å². The third-order valence-electron chi connectivity index (χ3n) is 4.41. The van der Waals surface area contributed by atoms with E-state index in [-0.39, 0.29) is 17.2 Å². The monoisotopic (exact) mass is 411 g/mol. The van der Waals surface area contributed by atoms with Crippen LogP contribution in [0.4, 0.5) is 13.2 Å². The molecule has 2 heterocycles. The number of nitrogens with one attached hydrogen (secondary N) is 2. The molecule has 0 bridgehead atoms. The average molecular weight is 411 g/mol. The molecule has 1 aromatic carbocycles. The van der Waals surface area contributed by atoms with Crippen molar-refractivity contribution in [2.24, 2.45) is 5.73 Å². The van der Waals surface area contributed by atoms with Gasteiger partial charge < -0.3 is 25.5 Å². The number of benzene rings is 1. The number of rotatable bonds is 5. The number of hydrogen-bond acceptors (Lipinski definition) is 5. The van der Waals surface area contributed by atoms with Crippen molar-refractivity contribution >= 4 is 5.91 Å². The Bertz CT molecular complexity index is 918. The summed E-state index contributed by atoms with van der Waals surface area (Å²) in [7, 11) is 0. The van der Waals surface area contributed by atoms with Gasteiger partial charge in [0.05, 0.1) is 0 Å². The topological polar surface area (TPSA) is 106 Å². The van der Waals surface area contributed by atoms with Gasteiger partial charge in [-0.15, -0.1) is 0 Å². The van der Waals surface area contributed by atoms with E-state index in [1.165, 1.54) is 24.3 Å². The summed E-state index contributed by atoms with van der Waals surface area (Å²) in [5.41, 5.74) is 1.90. The predicted octanol–water partition coefficient (Wildman–Crippen LogP) is 1.92. The maximum absolute atomic E-state index is 13.4. The summed E-state index contributed by atoms with van der Waals surface area (Å²) in [5, 5.41) is 3.23. The Hall–Kier alpha value is -2.85. The molecule has 0 radical (unpaired) electrons. The number of carbonyl (C=O) groups excluding carboxylic acids is 1. The number of amides is 1. The van der Waals surface area contributed by atoms with Crippen LogP contribution in [0.2, 0.25) is 0 Å². The molecule has 3 rings (SSSR count). The van der Waals surface area contributed by atoms with Gasteiger partial charge in [0.2, 0.25) is 0 Å². The van der Waals surface area contributed by atoms with Gasteiger partial charge in [0.25, 0.3) is 11.5 Å². The zero-order valence-corrected chi connectivity index (χ0v) is 15.3. The Balaban J connectivity index is 1.84. The van der Waals surface area contributed by atoms with Crippen LogP contribution in [0.3, 0.4) is 0 Å². The van der Waals surface area contributed by atoms with Crippen LogP contribution in [0.15, 0.2) is 35.1 Å². The third kappa shape index (κ3) is 5.15. The molecule has 156 valence electrons. The summed E-state index contributed by atoms with van der Waals surface area (Å²) in [6, 6.07) is 6.69. The van der Waals surface area contributed by atoms with Gasteiger partial charge in [0.15, 0.2) is 0 Å². The highest BCUT2D eigenvalue weighted by Gasteiger charge is 2.36. The molecule has 1 amide bonds. The fourth-order valence-electron chi connectivity index (χ4n) is 2.96. The minimum Gasteiger partial charge on any atom is -0.491 e. The van der Waals surface area contributed by atoms with Crippen molar-refractivity contribution in [3.8, 4) is 16.9 Å². The van der Waals surface area contributed by atoms with Crippen molar-refractivity contribution < 1.29 is 27.4 Å². The van der Waals surface area contributed by atoms with E-state index in [1.54, 1.807) is 4.98 Å². The highest BCUT2D eigenvalue weighted by molar-refractivity contribution is 5.93. The summed E-state index contributed by atoms with van der Waals surface area (Å²) >= 11 is 0. The van der Waals surface area contributed by atoms with Gasteiger partial charge in [-0.1, -0.05) is 12.1 Å². The molecule has 1 saturated heterocycles. The van der Waals surface area contributed by atoms with Crippen molar-refractivity contribution in [3.05, 3.63) is 51.9 Å². The third-order valence-corrected chi connectivity index (χ3v) is 4.41. The number of aromatic amines is 1. The molecule has 0 aliphatic carbocycles. The number of alkyl halides is 3. The van der Waals surface area contributed by atoms with E-state index >= 15 is 0 Å². The van der Waals surface area contributed by atoms with E-state index in [4.69, 9.17) is 15.2 Å². The van der Waals surface area contributed by atoms with Crippen molar-refractivity contribution in [3.63, 3.8) is 0 Å². The summed E-state index contributed by atoms with van der Waals surface area (Å²) in [6.45, 7) is 2.46. The van der Waals surface area contributed by atoms with Gasteiger partial charge in [0.1, 0.15) is 29.7 Å². The first-order chi connectivity index (χ1) is 13.8. The molecule has 1 aliphatic rings. The Morgan fingerprint density at radius 2 is 2.00 bits per heavy atom. The number of aromatic nitrogens is 1. The van der Waals surface area contributed by atoms with Crippen molar-refractivity contribution in [1.29, 1.82) is 0 Å². The van der Waals surface area contributed by atoms with E-state index in [1.807, 2.05) is 0 Å². The first kappa shape index (κ1) is 20.9. The van der Waals surface area contributed by atoms with E-state index in [9.17, 15) is 22.8 Å². The molecule has 0 spiro atoms. The normalized spacial score (nSPS) is 17.6. The number of primary amides is 1. The molecule has 0 saturated carbocycles. The van der Waals surface area contributed by atoms with Gasteiger partial charge in [-0.3, -0.25) is 9.59 Å². The lowest BCUT2D eigenvalue weighted by atomic mass is 10.0. The molecule has 1 atom stereocenters. The maximum Gasteiger partial charge on any atom is 0.431 e. The van der Waals surface area contributed by atoms with Crippen molar-refractivity contribution in [1.82, 2.24) is 10.3 Å². The minimum atomic E-state index is -4.82. The lowest BCUT2D eigenvalue weighted by molar-refractivity contribution is -0.140. The van der Waals surface area contributed by atoms with Gasteiger partial charge >= 0.3 is 6.18 Å². The predicted molar refractivity (Wildman–Crippen MR) is 98.7 cm³/mol. The summed E-state index contributed by atoms with van der Waals surface area (Å²) < 4.78 is 51.3. The number of pyridine rings is 1. The van der Waals surface area contributed by atoms with Crippen LogP contribution < -0.4 is 21.3 Å². The van der Waals surface area contributed by atoms with Crippen LogP contribution in [0.1, 0.15) is 22.5 Å². The number of halogens is 3. The second-order valence-electron chi connectivity index (χ2n) is 6.55. The van der Waals surface area contributed by atoms with Gasteiger partial charge in [-0.25, -0.2) is 0 Å². The summed E-state index contributed by atoms with van der Waals surface area (Å²) in [5.74, 6) is -0.659. The molecule has 1 aromatic heterocycles. The van der Waals surface area contributed by atoms with Crippen LogP contribution >= 0.6 is 0 Å². The van der Waals surface area contributed by atoms with Gasteiger partial charge in [0, 0.05) is 18.7 Å². The number of H-pyrrole nitrogens is 1.